The molecule has 0 unspecified atom stereocenters. The molecule has 2 amide bonds. The lowest BCUT2D eigenvalue weighted by Crippen LogP contribution is -2.19. The first-order chi connectivity index (χ1) is 13.7. The third kappa shape index (κ3) is 5.02. The van der Waals surface area contributed by atoms with Crippen molar-refractivity contribution in [1.82, 2.24) is 0 Å². The number of halogens is 1. The van der Waals surface area contributed by atoms with E-state index in [2.05, 4.69) is 12.2 Å². The van der Waals surface area contributed by atoms with E-state index < -0.39 is 21.6 Å². The zero-order chi connectivity index (χ0) is 21.2. The van der Waals surface area contributed by atoms with Crippen LogP contribution >= 0.6 is 11.3 Å². The fourth-order valence-corrected chi connectivity index (χ4v) is 6.21. The first-order valence-electron chi connectivity index (χ1n) is 9.40. The molecule has 29 heavy (non-hydrogen) atoms. The molecule has 1 atom stereocenters. The summed E-state index contributed by atoms with van der Waals surface area (Å²) in [6, 6.07) is 4.59. The molecule has 1 aromatic heterocycles. The summed E-state index contributed by atoms with van der Waals surface area (Å²) in [5, 5.41) is 3.18. The first-order valence-corrected chi connectivity index (χ1v) is 11.9. The van der Waals surface area contributed by atoms with Crippen LogP contribution in [0.4, 0.5) is 9.39 Å². The molecule has 0 fully saturated rings. The quantitative estimate of drug-likeness (QED) is 0.647. The number of nitrogens with one attached hydrogen (secondary N) is 1. The van der Waals surface area contributed by atoms with Crippen molar-refractivity contribution in [2.45, 2.75) is 43.9 Å². The molecule has 1 aliphatic carbocycles. The van der Waals surface area contributed by atoms with Crippen LogP contribution in [0.3, 0.4) is 0 Å². The lowest BCUT2D eigenvalue weighted by molar-refractivity contribution is -0.116. The van der Waals surface area contributed by atoms with E-state index in [1.165, 1.54) is 23.5 Å². The SMILES string of the molecule is C[C@@H]1CCc2c(sc(NC(=O)CCCS(=O)(=O)c3ccc(F)cc3)c2C(N)=O)C1. The number of benzene rings is 1. The molecule has 0 saturated carbocycles. The standard InChI is InChI=1S/C20H23FN2O4S2/c1-12-4-9-15-16(11-12)28-20(18(15)19(22)25)23-17(24)3-2-10-29(26,27)14-7-5-13(21)6-8-14/h5-8,12H,2-4,9-11H2,1H3,(H2,22,25)(H,23,24)/t12-/m1/s1. The predicted octanol–water partition coefficient (Wildman–Crippen LogP) is 3.30. The lowest BCUT2D eigenvalue weighted by Gasteiger charge is -2.18. The molecule has 156 valence electrons. The minimum Gasteiger partial charge on any atom is -0.365 e. The van der Waals surface area contributed by atoms with Crippen LogP contribution in [0.1, 0.15) is 47.0 Å². The maximum Gasteiger partial charge on any atom is 0.251 e. The minimum absolute atomic E-state index is 0.0163. The number of sulfone groups is 1. The molecule has 9 heteroatoms. The van der Waals surface area contributed by atoms with Gasteiger partial charge in [0.1, 0.15) is 10.8 Å². The Kier molecular flexibility index (Phi) is 6.38. The number of amides is 2. The van der Waals surface area contributed by atoms with Gasteiger partial charge in [-0.3, -0.25) is 9.59 Å². The molecular formula is C20H23FN2O4S2. The Morgan fingerprint density at radius 1 is 1.28 bits per heavy atom. The topological polar surface area (TPSA) is 106 Å². The van der Waals surface area contributed by atoms with Gasteiger partial charge in [0, 0.05) is 11.3 Å². The smallest absolute Gasteiger partial charge is 0.251 e. The summed E-state index contributed by atoms with van der Waals surface area (Å²) in [7, 11) is -3.59. The van der Waals surface area contributed by atoms with E-state index in [4.69, 9.17) is 5.73 Å². The molecule has 3 rings (SSSR count). The van der Waals surface area contributed by atoms with Gasteiger partial charge in [-0.1, -0.05) is 6.92 Å². The van der Waals surface area contributed by atoms with Gasteiger partial charge < -0.3 is 11.1 Å². The number of primary amides is 1. The highest BCUT2D eigenvalue weighted by atomic mass is 32.2. The number of thiophene rings is 1. The Bertz CT molecular complexity index is 1030. The molecule has 6 nitrogen and oxygen atoms in total. The number of anilines is 1. The molecule has 0 saturated heterocycles. The summed E-state index contributed by atoms with van der Waals surface area (Å²) in [5.74, 6) is -1.16. The highest BCUT2D eigenvalue weighted by Gasteiger charge is 2.27. The number of nitrogens with two attached hydrogens (primary N) is 1. The van der Waals surface area contributed by atoms with Gasteiger partial charge in [0.15, 0.2) is 9.84 Å². The van der Waals surface area contributed by atoms with E-state index >= 15 is 0 Å². The Morgan fingerprint density at radius 3 is 2.62 bits per heavy atom. The van der Waals surface area contributed by atoms with E-state index in [9.17, 15) is 22.4 Å². The zero-order valence-electron chi connectivity index (χ0n) is 16.0. The molecule has 0 spiro atoms. The maximum absolute atomic E-state index is 13.0. The molecule has 0 radical (unpaired) electrons. The summed E-state index contributed by atoms with van der Waals surface area (Å²) in [5.41, 5.74) is 6.84. The zero-order valence-corrected chi connectivity index (χ0v) is 17.7. The molecule has 1 aromatic carbocycles. The number of hydrogen-bond donors (Lipinski definition) is 2. The van der Waals surface area contributed by atoms with Gasteiger partial charge in [-0.25, -0.2) is 12.8 Å². The molecule has 1 aliphatic rings. The highest BCUT2D eigenvalue weighted by Crippen LogP contribution is 2.39. The van der Waals surface area contributed by atoms with E-state index in [1.807, 2.05) is 0 Å². The van der Waals surface area contributed by atoms with Crippen molar-refractivity contribution in [1.29, 1.82) is 0 Å². The van der Waals surface area contributed by atoms with E-state index in [-0.39, 0.29) is 29.4 Å². The van der Waals surface area contributed by atoms with Crippen molar-refractivity contribution in [2.24, 2.45) is 11.7 Å². The van der Waals surface area contributed by atoms with Gasteiger partial charge in [-0.2, -0.15) is 0 Å². The molecular weight excluding hydrogens is 415 g/mol. The monoisotopic (exact) mass is 438 g/mol. The van der Waals surface area contributed by atoms with Gasteiger partial charge in [-0.05, 0) is 61.4 Å². The summed E-state index contributed by atoms with van der Waals surface area (Å²) in [4.78, 5) is 25.3. The van der Waals surface area contributed by atoms with Crippen LogP contribution in [-0.4, -0.2) is 26.0 Å². The Hall–Kier alpha value is -2.26. The predicted molar refractivity (Wildman–Crippen MR) is 110 cm³/mol. The number of fused-ring (bicyclic) bond motifs is 1. The maximum atomic E-state index is 13.0. The number of rotatable bonds is 7. The third-order valence-electron chi connectivity index (χ3n) is 5.00. The Morgan fingerprint density at radius 2 is 1.97 bits per heavy atom. The summed E-state index contributed by atoms with van der Waals surface area (Å²) >= 11 is 1.37. The highest BCUT2D eigenvalue weighted by molar-refractivity contribution is 7.91. The summed E-state index contributed by atoms with van der Waals surface area (Å²) in [6.45, 7) is 2.15. The van der Waals surface area contributed by atoms with Crippen LogP contribution < -0.4 is 11.1 Å². The third-order valence-corrected chi connectivity index (χ3v) is 7.99. The first kappa shape index (κ1) is 21.4. The van der Waals surface area contributed by atoms with Gasteiger partial charge in [0.2, 0.25) is 5.91 Å². The van der Waals surface area contributed by atoms with Crippen LogP contribution in [0.2, 0.25) is 0 Å². The average Bonchev–Trinajstić information content (AvgIpc) is 2.98. The summed E-state index contributed by atoms with van der Waals surface area (Å²) in [6.07, 6.45) is 2.68. The summed E-state index contributed by atoms with van der Waals surface area (Å²) < 4.78 is 37.5. The van der Waals surface area contributed by atoms with Crippen LogP contribution in [-0.2, 0) is 27.5 Å². The van der Waals surface area contributed by atoms with Crippen molar-refractivity contribution in [3.8, 4) is 0 Å². The molecule has 0 bridgehead atoms. The second-order valence-electron chi connectivity index (χ2n) is 7.34. The molecule has 0 aliphatic heterocycles. The van der Waals surface area contributed by atoms with Crippen LogP contribution in [0.15, 0.2) is 29.2 Å². The molecule has 1 heterocycles. The van der Waals surface area contributed by atoms with Crippen LogP contribution in [0, 0.1) is 11.7 Å². The van der Waals surface area contributed by atoms with Gasteiger partial charge in [-0.15, -0.1) is 11.3 Å². The van der Waals surface area contributed by atoms with E-state index in [0.717, 1.165) is 41.8 Å². The average molecular weight is 439 g/mol. The van der Waals surface area contributed by atoms with Crippen molar-refractivity contribution >= 4 is 38.0 Å². The minimum atomic E-state index is -3.59. The largest absolute Gasteiger partial charge is 0.365 e. The number of carbonyl (C=O) groups excluding carboxylic acids is 2. The normalized spacial score (nSPS) is 16.3. The second-order valence-corrected chi connectivity index (χ2v) is 10.6. The van der Waals surface area contributed by atoms with E-state index in [0.29, 0.717) is 16.5 Å². The van der Waals surface area contributed by atoms with Crippen molar-refractivity contribution in [2.75, 3.05) is 11.1 Å². The van der Waals surface area contributed by atoms with Crippen LogP contribution in [0.25, 0.3) is 0 Å². The van der Waals surface area contributed by atoms with Crippen LogP contribution in [0.5, 0.6) is 0 Å². The fourth-order valence-electron chi connectivity index (χ4n) is 3.47. The number of carbonyl (C=O) groups is 2. The van der Waals surface area contributed by atoms with Gasteiger partial charge in [0.05, 0.1) is 16.2 Å². The molecule has 2 aromatic rings. The molecule has 3 N–H and O–H groups in total. The number of hydrogen-bond acceptors (Lipinski definition) is 5. The van der Waals surface area contributed by atoms with Crippen molar-refractivity contribution < 1.29 is 22.4 Å². The van der Waals surface area contributed by atoms with Crippen molar-refractivity contribution in [3.63, 3.8) is 0 Å². The van der Waals surface area contributed by atoms with Crippen molar-refractivity contribution in [3.05, 3.63) is 46.1 Å². The Labute approximate surface area is 173 Å². The second kappa shape index (κ2) is 8.62. The van der Waals surface area contributed by atoms with Gasteiger partial charge >= 0.3 is 0 Å². The fraction of sp³-hybridized carbons (Fsp3) is 0.400. The lowest BCUT2D eigenvalue weighted by atomic mass is 9.88. The van der Waals surface area contributed by atoms with E-state index in [1.54, 1.807) is 0 Å². The van der Waals surface area contributed by atoms with Gasteiger partial charge in [0.25, 0.3) is 5.91 Å². The Balaban J connectivity index is 1.63.